The van der Waals surface area contributed by atoms with Gasteiger partial charge in [-0.15, -0.1) is 0 Å². The quantitative estimate of drug-likeness (QED) is 0.690. The second kappa shape index (κ2) is 3.82. The Morgan fingerprint density at radius 3 is 2.64 bits per heavy atom. The molecule has 14 heavy (non-hydrogen) atoms. The van der Waals surface area contributed by atoms with E-state index in [1.54, 1.807) is 0 Å². The normalized spacial score (nSPS) is 44.4. The molecule has 0 aromatic rings. The molecule has 1 heterocycles. The van der Waals surface area contributed by atoms with E-state index in [-0.39, 0.29) is 0 Å². The summed E-state index contributed by atoms with van der Waals surface area (Å²) in [5.74, 6) is 1.81. The Hall–Kier alpha value is -0.0800. The summed E-state index contributed by atoms with van der Waals surface area (Å²) in [7, 11) is 2.27. The number of rotatable bonds is 1. The van der Waals surface area contributed by atoms with Crippen LogP contribution >= 0.6 is 0 Å². The molecule has 2 rings (SSSR count). The number of hydrogen-bond donors (Lipinski definition) is 1. The summed E-state index contributed by atoms with van der Waals surface area (Å²) < 4.78 is 0. The van der Waals surface area contributed by atoms with Crippen LogP contribution in [0.4, 0.5) is 0 Å². The van der Waals surface area contributed by atoms with Gasteiger partial charge < -0.3 is 0 Å². The van der Waals surface area contributed by atoms with Crippen LogP contribution in [0.2, 0.25) is 0 Å². The molecule has 4 unspecified atom stereocenters. The van der Waals surface area contributed by atoms with Gasteiger partial charge in [0.2, 0.25) is 0 Å². The van der Waals surface area contributed by atoms with Crippen LogP contribution in [0.5, 0.6) is 0 Å². The molecule has 0 amide bonds. The van der Waals surface area contributed by atoms with Gasteiger partial charge in [-0.2, -0.15) is 0 Å². The van der Waals surface area contributed by atoms with Gasteiger partial charge in [0.15, 0.2) is 0 Å². The number of hydrogen-bond acceptors (Lipinski definition) is 2. The molecule has 0 spiro atoms. The molecule has 2 aliphatic rings. The van der Waals surface area contributed by atoms with Gasteiger partial charge in [0.25, 0.3) is 0 Å². The third-order valence-electron chi connectivity index (χ3n) is 4.39. The summed E-state index contributed by atoms with van der Waals surface area (Å²) in [6.07, 6.45) is 4.78. The largest absolute Gasteiger partial charge is 0.298 e. The molecule has 4 atom stereocenters. The zero-order valence-corrected chi connectivity index (χ0v) is 9.96. The van der Waals surface area contributed by atoms with Crippen molar-refractivity contribution in [2.24, 2.45) is 11.8 Å². The van der Waals surface area contributed by atoms with Crippen molar-refractivity contribution in [2.75, 3.05) is 7.05 Å². The summed E-state index contributed by atoms with van der Waals surface area (Å²) >= 11 is 0. The molecule has 0 bridgehead atoms. The maximum atomic E-state index is 3.69. The van der Waals surface area contributed by atoms with Crippen molar-refractivity contribution in [1.29, 1.82) is 0 Å². The highest BCUT2D eigenvalue weighted by Gasteiger charge is 2.40. The molecular formula is C12H24N2. The van der Waals surface area contributed by atoms with Gasteiger partial charge in [0.05, 0.1) is 6.17 Å². The van der Waals surface area contributed by atoms with E-state index >= 15 is 0 Å². The summed E-state index contributed by atoms with van der Waals surface area (Å²) in [5, 5.41) is 3.69. The fraction of sp³-hybridized carbons (Fsp3) is 1.00. The Balaban J connectivity index is 2.01. The predicted molar refractivity (Wildman–Crippen MR) is 60.1 cm³/mol. The molecule has 0 aromatic heterocycles. The summed E-state index contributed by atoms with van der Waals surface area (Å²) in [4.78, 5) is 2.53. The Labute approximate surface area is 88.1 Å². The van der Waals surface area contributed by atoms with Crippen molar-refractivity contribution in [2.45, 2.75) is 58.3 Å². The lowest BCUT2D eigenvalue weighted by atomic mass is 9.77. The van der Waals surface area contributed by atoms with Gasteiger partial charge in [-0.1, -0.05) is 13.8 Å². The average molecular weight is 196 g/mol. The van der Waals surface area contributed by atoms with Crippen LogP contribution in [-0.4, -0.2) is 30.2 Å². The zero-order chi connectivity index (χ0) is 10.3. The SMILES string of the molecule is CC(C)C1CCC2NC(C)N(C)C2C1. The molecule has 1 saturated heterocycles. The lowest BCUT2D eigenvalue weighted by molar-refractivity contribution is 0.155. The first-order valence-electron chi connectivity index (χ1n) is 6.07. The van der Waals surface area contributed by atoms with Crippen LogP contribution in [0.3, 0.4) is 0 Å². The third kappa shape index (κ3) is 1.70. The number of likely N-dealkylation sites (N-methyl/N-ethyl adjacent to an activating group) is 1. The minimum Gasteiger partial charge on any atom is -0.298 e. The highest BCUT2D eigenvalue weighted by Crippen LogP contribution is 2.35. The highest BCUT2D eigenvalue weighted by molar-refractivity contribution is 4.97. The molecule has 82 valence electrons. The van der Waals surface area contributed by atoms with Crippen molar-refractivity contribution in [3.63, 3.8) is 0 Å². The first kappa shape index (κ1) is 10.4. The average Bonchev–Trinajstić information content (AvgIpc) is 2.43. The van der Waals surface area contributed by atoms with Crippen LogP contribution in [0.25, 0.3) is 0 Å². The van der Waals surface area contributed by atoms with E-state index in [1.807, 2.05) is 0 Å². The van der Waals surface area contributed by atoms with Crippen LogP contribution in [0.15, 0.2) is 0 Å². The van der Waals surface area contributed by atoms with Gasteiger partial charge >= 0.3 is 0 Å². The number of nitrogens with one attached hydrogen (secondary N) is 1. The lowest BCUT2D eigenvalue weighted by Gasteiger charge is -2.36. The Kier molecular flexibility index (Phi) is 2.85. The monoisotopic (exact) mass is 196 g/mol. The van der Waals surface area contributed by atoms with Gasteiger partial charge in [0.1, 0.15) is 0 Å². The molecule has 2 nitrogen and oxygen atoms in total. The van der Waals surface area contributed by atoms with Crippen molar-refractivity contribution < 1.29 is 0 Å². The molecule has 1 aliphatic carbocycles. The summed E-state index contributed by atoms with van der Waals surface area (Å²) in [6.45, 7) is 7.02. The van der Waals surface area contributed by atoms with Crippen molar-refractivity contribution in [3.8, 4) is 0 Å². The molecule has 1 aliphatic heterocycles. The molecule has 1 saturated carbocycles. The second-order valence-corrected chi connectivity index (χ2v) is 5.50. The first-order chi connectivity index (χ1) is 6.59. The molecule has 2 fully saturated rings. The molecule has 2 heteroatoms. The third-order valence-corrected chi connectivity index (χ3v) is 4.39. The van der Waals surface area contributed by atoms with Gasteiger partial charge in [-0.25, -0.2) is 0 Å². The Morgan fingerprint density at radius 2 is 2.00 bits per heavy atom. The van der Waals surface area contributed by atoms with E-state index in [4.69, 9.17) is 0 Å². The van der Waals surface area contributed by atoms with E-state index in [0.717, 1.165) is 23.9 Å². The topological polar surface area (TPSA) is 15.3 Å². The van der Waals surface area contributed by atoms with Crippen LogP contribution < -0.4 is 5.32 Å². The maximum absolute atomic E-state index is 3.69. The first-order valence-corrected chi connectivity index (χ1v) is 6.07. The van der Waals surface area contributed by atoms with Gasteiger partial charge in [-0.3, -0.25) is 10.2 Å². The fourth-order valence-corrected chi connectivity index (χ4v) is 3.14. The highest BCUT2D eigenvalue weighted by atomic mass is 15.3. The van der Waals surface area contributed by atoms with E-state index in [2.05, 4.69) is 38.0 Å². The maximum Gasteiger partial charge on any atom is 0.0571 e. The van der Waals surface area contributed by atoms with E-state index in [9.17, 15) is 0 Å². The molecule has 0 radical (unpaired) electrons. The van der Waals surface area contributed by atoms with Crippen LogP contribution in [0.1, 0.15) is 40.0 Å². The Bertz CT molecular complexity index is 202. The molecule has 1 N–H and O–H groups in total. The number of fused-ring (bicyclic) bond motifs is 1. The van der Waals surface area contributed by atoms with E-state index in [0.29, 0.717) is 6.17 Å². The van der Waals surface area contributed by atoms with Gasteiger partial charge in [-0.05, 0) is 45.1 Å². The summed E-state index contributed by atoms with van der Waals surface area (Å²) in [6, 6.07) is 1.57. The fourth-order valence-electron chi connectivity index (χ4n) is 3.14. The zero-order valence-electron chi connectivity index (χ0n) is 9.96. The number of nitrogens with zero attached hydrogens (tertiary/aromatic N) is 1. The minimum atomic E-state index is 0.580. The standard InChI is InChI=1S/C12H24N2/c1-8(2)10-5-6-11-12(7-10)14(4)9(3)13-11/h8-13H,5-7H2,1-4H3. The van der Waals surface area contributed by atoms with E-state index < -0.39 is 0 Å². The summed E-state index contributed by atoms with van der Waals surface area (Å²) in [5.41, 5.74) is 0. The van der Waals surface area contributed by atoms with Crippen molar-refractivity contribution in [1.82, 2.24) is 10.2 Å². The molecular weight excluding hydrogens is 172 g/mol. The van der Waals surface area contributed by atoms with E-state index in [1.165, 1.54) is 19.3 Å². The van der Waals surface area contributed by atoms with Crippen molar-refractivity contribution >= 4 is 0 Å². The lowest BCUT2D eigenvalue weighted by Crippen LogP contribution is -2.41. The van der Waals surface area contributed by atoms with Crippen LogP contribution in [-0.2, 0) is 0 Å². The second-order valence-electron chi connectivity index (χ2n) is 5.50. The smallest absolute Gasteiger partial charge is 0.0571 e. The van der Waals surface area contributed by atoms with Crippen LogP contribution in [0, 0.1) is 11.8 Å². The molecule has 0 aromatic carbocycles. The Morgan fingerprint density at radius 1 is 1.29 bits per heavy atom. The minimum absolute atomic E-state index is 0.580. The predicted octanol–water partition coefficient (Wildman–Crippen LogP) is 2.06. The van der Waals surface area contributed by atoms with Crippen molar-refractivity contribution in [3.05, 3.63) is 0 Å². The van der Waals surface area contributed by atoms with Gasteiger partial charge in [0, 0.05) is 12.1 Å².